The highest BCUT2D eigenvalue weighted by Crippen LogP contribution is 2.35. The molecular formula is C23H23Cl2N7O. The minimum absolute atomic E-state index is 0.200. The van der Waals surface area contributed by atoms with Crippen LogP contribution in [-0.2, 0) is 0 Å². The molecule has 1 aromatic carbocycles. The van der Waals surface area contributed by atoms with Crippen molar-refractivity contribution >= 4 is 51.6 Å². The molecule has 8 nitrogen and oxygen atoms in total. The van der Waals surface area contributed by atoms with Gasteiger partial charge in [0.05, 0.1) is 39.6 Å². The summed E-state index contributed by atoms with van der Waals surface area (Å²) in [7, 11) is 0. The first-order chi connectivity index (χ1) is 16.1. The standard InChI is InChI=1S/C23H23Cl2N7O/c24-16-2-1-3-17(25)20(16)22-28-18-6-7-26-23(21(18)30-22)29-19-5-4-15(14-27-19)32-10-8-31(9-11-32)12-13-33/h1-7,14,33H,8-13H2,(H,28,30)(H,26,27,29). The van der Waals surface area contributed by atoms with Gasteiger partial charge in [-0.25, -0.2) is 15.0 Å². The number of rotatable bonds is 6. The summed E-state index contributed by atoms with van der Waals surface area (Å²) in [6, 6.07) is 11.2. The average Bonchev–Trinajstić information content (AvgIpc) is 3.25. The lowest BCUT2D eigenvalue weighted by atomic mass is 10.2. The van der Waals surface area contributed by atoms with Gasteiger partial charge in [-0.3, -0.25) is 4.90 Å². The number of anilines is 3. The summed E-state index contributed by atoms with van der Waals surface area (Å²) in [5, 5.41) is 13.4. The SMILES string of the molecule is OCCN1CCN(c2ccc(Nc3nccc4[nH]c(-c5c(Cl)cccc5Cl)nc34)nc2)CC1. The second-order valence-corrected chi connectivity index (χ2v) is 8.63. The normalized spacial score (nSPS) is 14.7. The fourth-order valence-electron chi connectivity index (χ4n) is 4.01. The van der Waals surface area contributed by atoms with E-state index in [2.05, 4.69) is 36.1 Å². The summed E-state index contributed by atoms with van der Waals surface area (Å²) < 4.78 is 0. The van der Waals surface area contributed by atoms with Gasteiger partial charge in [-0.2, -0.15) is 0 Å². The quantitative estimate of drug-likeness (QED) is 0.378. The van der Waals surface area contributed by atoms with Crippen LogP contribution in [0.3, 0.4) is 0 Å². The molecule has 0 unspecified atom stereocenters. The van der Waals surface area contributed by atoms with Crippen LogP contribution < -0.4 is 10.2 Å². The molecule has 0 atom stereocenters. The number of aromatic nitrogens is 4. The highest BCUT2D eigenvalue weighted by molar-refractivity contribution is 6.39. The minimum Gasteiger partial charge on any atom is -0.395 e. The van der Waals surface area contributed by atoms with Gasteiger partial charge in [0, 0.05) is 38.9 Å². The van der Waals surface area contributed by atoms with Crippen molar-refractivity contribution in [1.82, 2.24) is 24.8 Å². The maximum absolute atomic E-state index is 9.11. The van der Waals surface area contributed by atoms with E-state index in [9.17, 15) is 0 Å². The Kier molecular flexibility index (Phi) is 6.32. The number of nitrogens with one attached hydrogen (secondary N) is 2. The molecule has 0 spiro atoms. The number of pyridine rings is 2. The molecule has 0 aliphatic carbocycles. The first kappa shape index (κ1) is 21.9. The van der Waals surface area contributed by atoms with Crippen molar-refractivity contribution in [3.63, 3.8) is 0 Å². The Bertz CT molecular complexity index is 1230. The number of benzene rings is 1. The lowest BCUT2D eigenvalue weighted by Crippen LogP contribution is -2.47. The van der Waals surface area contributed by atoms with Crippen LogP contribution in [-0.4, -0.2) is 69.3 Å². The zero-order valence-electron chi connectivity index (χ0n) is 17.8. The molecule has 3 aromatic heterocycles. The Hall–Kier alpha value is -2.91. The number of aromatic amines is 1. The molecule has 4 heterocycles. The summed E-state index contributed by atoms with van der Waals surface area (Å²) in [6.45, 7) is 4.62. The smallest absolute Gasteiger partial charge is 0.159 e. The van der Waals surface area contributed by atoms with Gasteiger partial charge in [0.15, 0.2) is 5.82 Å². The second kappa shape index (κ2) is 9.52. The Morgan fingerprint density at radius 1 is 1.00 bits per heavy atom. The van der Waals surface area contributed by atoms with Crippen molar-refractivity contribution in [2.75, 3.05) is 49.5 Å². The van der Waals surface area contributed by atoms with Gasteiger partial charge < -0.3 is 20.3 Å². The number of nitrogens with zero attached hydrogens (tertiary/aromatic N) is 5. The number of halogens is 2. The van der Waals surface area contributed by atoms with Gasteiger partial charge in [0.2, 0.25) is 0 Å². The van der Waals surface area contributed by atoms with Gasteiger partial charge in [-0.1, -0.05) is 29.3 Å². The number of H-pyrrole nitrogens is 1. The number of β-amino-alcohol motifs (C(OH)–C–C–N with tert-alkyl or cyclic N) is 1. The maximum atomic E-state index is 9.11. The van der Waals surface area contributed by atoms with E-state index in [1.54, 1.807) is 24.4 Å². The van der Waals surface area contributed by atoms with Crippen molar-refractivity contribution in [3.8, 4) is 11.4 Å². The molecule has 0 saturated carbocycles. The fraction of sp³-hybridized carbons (Fsp3) is 0.261. The Labute approximate surface area is 201 Å². The van der Waals surface area contributed by atoms with Crippen LogP contribution in [0.15, 0.2) is 48.8 Å². The number of aliphatic hydroxyl groups excluding tert-OH is 1. The summed E-state index contributed by atoms with van der Waals surface area (Å²) in [5.41, 5.74) is 3.22. The van der Waals surface area contributed by atoms with Gasteiger partial charge in [-0.15, -0.1) is 0 Å². The zero-order chi connectivity index (χ0) is 22.8. The van der Waals surface area contributed by atoms with E-state index in [4.69, 9.17) is 33.3 Å². The van der Waals surface area contributed by atoms with Gasteiger partial charge in [0.1, 0.15) is 17.2 Å². The van der Waals surface area contributed by atoms with Crippen LogP contribution in [0.25, 0.3) is 22.4 Å². The number of hydrogen-bond acceptors (Lipinski definition) is 7. The molecule has 4 aromatic rings. The van der Waals surface area contributed by atoms with Crippen molar-refractivity contribution in [1.29, 1.82) is 0 Å². The van der Waals surface area contributed by atoms with Crippen molar-refractivity contribution in [2.45, 2.75) is 0 Å². The molecule has 3 N–H and O–H groups in total. The van der Waals surface area contributed by atoms with Crippen molar-refractivity contribution < 1.29 is 5.11 Å². The van der Waals surface area contributed by atoms with Crippen molar-refractivity contribution in [3.05, 3.63) is 58.8 Å². The van der Waals surface area contributed by atoms with Gasteiger partial charge in [0.25, 0.3) is 0 Å². The highest BCUT2D eigenvalue weighted by atomic mass is 35.5. The van der Waals surface area contributed by atoms with E-state index >= 15 is 0 Å². The first-order valence-electron chi connectivity index (χ1n) is 10.7. The second-order valence-electron chi connectivity index (χ2n) is 7.82. The number of imidazole rings is 1. The molecular weight excluding hydrogens is 461 g/mol. The largest absolute Gasteiger partial charge is 0.395 e. The summed E-state index contributed by atoms with van der Waals surface area (Å²) in [5.74, 6) is 1.86. The molecule has 0 amide bonds. The molecule has 1 aliphatic rings. The number of piperazine rings is 1. The van der Waals surface area contributed by atoms with Gasteiger partial charge >= 0.3 is 0 Å². The third-order valence-corrected chi connectivity index (χ3v) is 6.38. The zero-order valence-corrected chi connectivity index (χ0v) is 19.3. The molecule has 1 fully saturated rings. The van der Waals surface area contributed by atoms with Crippen LogP contribution in [0.2, 0.25) is 10.0 Å². The molecule has 33 heavy (non-hydrogen) atoms. The summed E-state index contributed by atoms with van der Waals surface area (Å²) in [4.78, 5) is 21.6. The molecule has 5 rings (SSSR count). The Balaban J connectivity index is 1.35. The molecule has 0 bridgehead atoms. The maximum Gasteiger partial charge on any atom is 0.159 e. The van der Waals surface area contributed by atoms with Crippen LogP contribution in [0.1, 0.15) is 0 Å². The van der Waals surface area contributed by atoms with Crippen LogP contribution in [0, 0.1) is 0 Å². The monoisotopic (exact) mass is 483 g/mol. The lowest BCUT2D eigenvalue weighted by Gasteiger charge is -2.35. The van der Waals surface area contributed by atoms with Crippen molar-refractivity contribution in [2.24, 2.45) is 0 Å². The molecule has 10 heteroatoms. The van der Waals surface area contributed by atoms with E-state index in [1.165, 1.54) is 0 Å². The van der Waals surface area contributed by atoms with E-state index in [1.807, 2.05) is 18.3 Å². The van der Waals surface area contributed by atoms with E-state index < -0.39 is 0 Å². The predicted octanol–water partition coefficient (Wildman–Crippen LogP) is 4.18. The van der Waals surface area contributed by atoms with E-state index in [-0.39, 0.29) is 6.61 Å². The lowest BCUT2D eigenvalue weighted by molar-refractivity contribution is 0.189. The Morgan fingerprint density at radius 2 is 1.79 bits per heavy atom. The summed E-state index contributed by atoms with van der Waals surface area (Å²) >= 11 is 12.7. The van der Waals surface area contributed by atoms with E-state index in [0.29, 0.717) is 38.6 Å². The first-order valence-corrected chi connectivity index (χ1v) is 11.5. The van der Waals surface area contributed by atoms with E-state index in [0.717, 1.165) is 43.9 Å². The number of aliphatic hydroxyl groups is 1. The third-order valence-electron chi connectivity index (χ3n) is 5.75. The Morgan fingerprint density at radius 3 is 2.48 bits per heavy atom. The number of fused-ring (bicyclic) bond motifs is 1. The molecule has 1 saturated heterocycles. The van der Waals surface area contributed by atoms with Crippen LogP contribution >= 0.6 is 23.2 Å². The summed E-state index contributed by atoms with van der Waals surface area (Å²) in [6.07, 6.45) is 3.57. The predicted molar refractivity (Wildman–Crippen MR) is 133 cm³/mol. The average molecular weight is 484 g/mol. The fourth-order valence-corrected chi connectivity index (χ4v) is 4.59. The minimum atomic E-state index is 0.200. The molecule has 0 radical (unpaired) electrons. The molecule has 1 aliphatic heterocycles. The highest BCUT2D eigenvalue weighted by Gasteiger charge is 2.18. The topological polar surface area (TPSA) is 93.2 Å². The van der Waals surface area contributed by atoms with Crippen LogP contribution in [0.5, 0.6) is 0 Å². The number of hydrogen-bond donors (Lipinski definition) is 3. The van der Waals surface area contributed by atoms with Crippen LogP contribution in [0.4, 0.5) is 17.3 Å². The third kappa shape index (κ3) is 4.60. The van der Waals surface area contributed by atoms with Gasteiger partial charge in [-0.05, 0) is 30.3 Å². The molecule has 170 valence electrons.